The van der Waals surface area contributed by atoms with Gasteiger partial charge < -0.3 is 9.63 Å². The SMILES string of the molecule is CC/C(C)=N/OCCCCCC=O. The largest absolute Gasteiger partial charge is 0.396 e. The lowest BCUT2D eigenvalue weighted by Gasteiger charge is -1.99. The van der Waals surface area contributed by atoms with Crippen LogP contribution in [0.1, 0.15) is 46.0 Å². The van der Waals surface area contributed by atoms with Gasteiger partial charge >= 0.3 is 0 Å². The summed E-state index contributed by atoms with van der Waals surface area (Å²) < 4.78 is 0. The highest BCUT2D eigenvalue weighted by molar-refractivity contribution is 5.80. The van der Waals surface area contributed by atoms with Gasteiger partial charge in [0.25, 0.3) is 0 Å². The highest BCUT2D eigenvalue weighted by atomic mass is 16.6. The molecule has 76 valence electrons. The lowest BCUT2D eigenvalue weighted by Crippen LogP contribution is -1.93. The molecule has 0 bridgehead atoms. The lowest BCUT2D eigenvalue weighted by molar-refractivity contribution is -0.107. The van der Waals surface area contributed by atoms with Crippen molar-refractivity contribution < 1.29 is 9.63 Å². The molecular weight excluding hydrogens is 166 g/mol. The summed E-state index contributed by atoms with van der Waals surface area (Å²) in [5, 5.41) is 3.91. The Kier molecular flexibility index (Phi) is 8.62. The van der Waals surface area contributed by atoms with Crippen LogP contribution in [0.5, 0.6) is 0 Å². The summed E-state index contributed by atoms with van der Waals surface area (Å²) in [6.07, 6.45) is 5.54. The van der Waals surface area contributed by atoms with Crippen LogP contribution in [0.4, 0.5) is 0 Å². The first-order valence-electron chi connectivity index (χ1n) is 4.90. The molecule has 0 amide bonds. The zero-order valence-electron chi connectivity index (χ0n) is 8.58. The number of oxime groups is 1. The van der Waals surface area contributed by atoms with Crippen molar-refractivity contribution in [1.29, 1.82) is 0 Å². The van der Waals surface area contributed by atoms with Crippen LogP contribution in [-0.2, 0) is 9.63 Å². The Bertz CT molecular complexity index is 155. The Labute approximate surface area is 80.1 Å². The van der Waals surface area contributed by atoms with Gasteiger partial charge in [0.1, 0.15) is 12.9 Å². The normalized spacial score (nSPS) is 11.4. The summed E-state index contributed by atoms with van der Waals surface area (Å²) in [6, 6.07) is 0. The van der Waals surface area contributed by atoms with E-state index < -0.39 is 0 Å². The van der Waals surface area contributed by atoms with Crippen LogP contribution >= 0.6 is 0 Å². The molecule has 0 aromatic rings. The maximum atomic E-state index is 9.97. The van der Waals surface area contributed by atoms with Crippen molar-refractivity contribution in [1.82, 2.24) is 0 Å². The number of rotatable bonds is 8. The van der Waals surface area contributed by atoms with Crippen LogP contribution in [0.3, 0.4) is 0 Å². The van der Waals surface area contributed by atoms with Gasteiger partial charge in [-0.15, -0.1) is 0 Å². The fourth-order valence-electron chi connectivity index (χ4n) is 0.791. The van der Waals surface area contributed by atoms with Gasteiger partial charge in [-0.05, 0) is 32.6 Å². The number of unbranched alkanes of at least 4 members (excludes halogenated alkanes) is 3. The topological polar surface area (TPSA) is 38.7 Å². The molecule has 0 heterocycles. The minimum Gasteiger partial charge on any atom is -0.396 e. The van der Waals surface area contributed by atoms with E-state index in [2.05, 4.69) is 5.16 Å². The van der Waals surface area contributed by atoms with Crippen LogP contribution in [0.15, 0.2) is 5.16 Å². The molecule has 0 radical (unpaired) electrons. The number of aldehydes is 1. The van der Waals surface area contributed by atoms with E-state index in [9.17, 15) is 4.79 Å². The molecule has 3 nitrogen and oxygen atoms in total. The molecule has 13 heavy (non-hydrogen) atoms. The van der Waals surface area contributed by atoms with Crippen LogP contribution in [0.2, 0.25) is 0 Å². The van der Waals surface area contributed by atoms with Crippen LogP contribution < -0.4 is 0 Å². The van der Waals surface area contributed by atoms with Crippen molar-refractivity contribution in [2.24, 2.45) is 5.16 Å². The molecule has 0 atom stereocenters. The number of carbonyl (C=O) groups excluding carboxylic acids is 1. The van der Waals surface area contributed by atoms with Crippen LogP contribution in [0, 0.1) is 0 Å². The second-order valence-electron chi connectivity index (χ2n) is 3.03. The summed E-state index contributed by atoms with van der Waals surface area (Å²) in [4.78, 5) is 15.0. The van der Waals surface area contributed by atoms with E-state index in [0.717, 1.165) is 37.7 Å². The number of carbonyl (C=O) groups is 1. The van der Waals surface area contributed by atoms with Crippen molar-refractivity contribution in [2.45, 2.75) is 46.0 Å². The fourth-order valence-corrected chi connectivity index (χ4v) is 0.791. The van der Waals surface area contributed by atoms with Crippen LogP contribution in [0.25, 0.3) is 0 Å². The second kappa shape index (κ2) is 9.23. The quantitative estimate of drug-likeness (QED) is 0.252. The maximum Gasteiger partial charge on any atom is 0.119 e. The molecule has 0 aliphatic heterocycles. The first-order valence-corrected chi connectivity index (χ1v) is 4.90. The van der Waals surface area contributed by atoms with Crippen molar-refractivity contribution in [3.05, 3.63) is 0 Å². The number of hydrogen-bond acceptors (Lipinski definition) is 3. The predicted octanol–water partition coefficient (Wildman–Crippen LogP) is 2.55. The van der Waals surface area contributed by atoms with Gasteiger partial charge in [0.15, 0.2) is 0 Å². The van der Waals surface area contributed by atoms with Gasteiger partial charge in [-0.3, -0.25) is 0 Å². The molecule has 3 heteroatoms. The maximum absolute atomic E-state index is 9.97. The predicted molar refractivity (Wildman–Crippen MR) is 53.9 cm³/mol. The van der Waals surface area contributed by atoms with Gasteiger partial charge in [-0.1, -0.05) is 12.1 Å². The Morgan fingerprint density at radius 2 is 2.15 bits per heavy atom. The summed E-state index contributed by atoms with van der Waals surface area (Å²) in [6.45, 7) is 4.66. The van der Waals surface area contributed by atoms with E-state index in [1.807, 2.05) is 13.8 Å². The highest BCUT2D eigenvalue weighted by Crippen LogP contribution is 1.98. The van der Waals surface area contributed by atoms with Crippen molar-refractivity contribution >= 4 is 12.0 Å². The minimum absolute atomic E-state index is 0.663. The van der Waals surface area contributed by atoms with E-state index >= 15 is 0 Å². The van der Waals surface area contributed by atoms with Crippen molar-refractivity contribution in [3.63, 3.8) is 0 Å². The molecule has 0 unspecified atom stereocenters. The molecule has 0 aromatic carbocycles. The molecule has 0 N–H and O–H groups in total. The van der Waals surface area contributed by atoms with Crippen molar-refractivity contribution in [2.75, 3.05) is 6.61 Å². The van der Waals surface area contributed by atoms with Gasteiger partial charge in [0.05, 0.1) is 5.71 Å². The van der Waals surface area contributed by atoms with E-state index in [-0.39, 0.29) is 0 Å². The third-order valence-electron chi connectivity index (χ3n) is 1.79. The molecule has 0 spiro atoms. The Morgan fingerprint density at radius 3 is 2.77 bits per heavy atom. The van der Waals surface area contributed by atoms with Crippen molar-refractivity contribution in [3.8, 4) is 0 Å². The standard InChI is InChI=1S/C10H19NO2/c1-3-10(2)11-13-9-7-5-4-6-8-12/h8H,3-7,9H2,1-2H3/b11-10+. The zero-order valence-corrected chi connectivity index (χ0v) is 8.58. The first-order chi connectivity index (χ1) is 6.31. The molecule has 0 saturated heterocycles. The lowest BCUT2D eigenvalue weighted by atomic mass is 10.2. The minimum atomic E-state index is 0.663. The average Bonchev–Trinajstić information content (AvgIpc) is 2.16. The van der Waals surface area contributed by atoms with E-state index in [1.165, 1.54) is 0 Å². The van der Waals surface area contributed by atoms with Gasteiger partial charge in [-0.25, -0.2) is 0 Å². The van der Waals surface area contributed by atoms with Crippen LogP contribution in [-0.4, -0.2) is 18.6 Å². The second-order valence-corrected chi connectivity index (χ2v) is 3.03. The molecule has 0 aromatic heterocycles. The van der Waals surface area contributed by atoms with E-state index in [1.54, 1.807) is 0 Å². The number of hydrogen-bond donors (Lipinski definition) is 0. The fraction of sp³-hybridized carbons (Fsp3) is 0.800. The third-order valence-corrected chi connectivity index (χ3v) is 1.79. The smallest absolute Gasteiger partial charge is 0.119 e. The van der Waals surface area contributed by atoms with E-state index in [0.29, 0.717) is 13.0 Å². The first kappa shape index (κ1) is 12.1. The number of nitrogens with zero attached hydrogens (tertiary/aromatic N) is 1. The monoisotopic (exact) mass is 185 g/mol. The summed E-state index contributed by atoms with van der Waals surface area (Å²) in [7, 11) is 0. The highest BCUT2D eigenvalue weighted by Gasteiger charge is 1.90. The average molecular weight is 185 g/mol. The summed E-state index contributed by atoms with van der Waals surface area (Å²) in [5.41, 5.74) is 1.02. The van der Waals surface area contributed by atoms with Gasteiger partial charge in [-0.2, -0.15) is 0 Å². The molecule has 0 rings (SSSR count). The molecule has 0 aliphatic rings. The molecule has 0 aliphatic carbocycles. The van der Waals surface area contributed by atoms with Gasteiger partial charge in [0.2, 0.25) is 0 Å². The van der Waals surface area contributed by atoms with Gasteiger partial charge in [0, 0.05) is 6.42 Å². The molecule has 0 fully saturated rings. The summed E-state index contributed by atoms with van der Waals surface area (Å²) >= 11 is 0. The molecule has 0 saturated carbocycles. The summed E-state index contributed by atoms with van der Waals surface area (Å²) in [5.74, 6) is 0. The zero-order chi connectivity index (χ0) is 9.94. The third kappa shape index (κ3) is 9.05. The van der Waals surface area contributed by atoms with E-state index in [4.69, 9.17) is 4.84 Å². The Morgan fingerprint density at radius 1 is 1.38 bits per heavy atom. The molecular formula is C10H19NO2. The Hall–Kier alpha value is -0.860. The Balaban J connectivity index is 3.12.